The Morgan fingerprint density at radius 3 is 3.36 bits per heavy atom. The summed E-state index contributed by atoms with van der Waals surface area (Å²) in [4.78, 5) is 7.83. The summed E-state index contributed by atoms with van der Waals surface area (Å²) in [6.07, 6.45) is 3.31. The zero-order chi connectivity index (χ0) is 8.55. The van der Waals surface area contributed by atoms with Gasteiger partial charge in [-0.25, -0.2) is 0 Å². The van der Waals surface area contributed by atoms with Crippen molar-refractivity contribution in [2.45, 2.75) is 0 Å². The molecule has 0 saturated carbocycles. The largest absolute Gasteiger partial charge is 0.261 e. The molecular formula is C8H5ClN2. The third-order valence-corrected chi connectivity index (χ3v) is 1.71. The van der Waals surface area contributed by atoms with Gasteiger partial charge in [0, 0.05) is 17.8 Å². The Kier molecular flexibility index (Phi) is 1.24. The first-order valence-corrected chi connectivity index (χ1v) is 3.52. The quantitative estimate of drug-likeness (QED) is 0.599. The van der Waals surface area contributed by atoms with Crippen LogP contribution in [-0.2, 0) is 0 Å². The summed E-state index contributed by atoms with van der Waals surface area (Å²) in [6.45, 7) is 0. The van der Waals surface area contributed by atoms with Gasteiger partial charge in [-0.15, -0.1) is 0 Å². The molecule has 2 aromatic rings. The Morgan fingerprint density at radius 1 is 1.55 bits per heavy atom. The van der Waals surface area contributed by atoms with Crippen molar-refractivity contribution in [1.82, 2.24) is 9.97 Å². The smallest absolute Gasteiger partial charge is 0.0900 e. The number of nitrogens with zero attached hydrogens (tertiary/aromatic N) is 2. The molecule has 0 saturated heterocycles. The van der Waals surface area contributed by atoms with Crippen LogP contribution in [-0.4, -0.2) is 9.97 Å². The highest BCUT2D eigenvalue weighted by atomic mass is 35.5. The SMILES string of the molecule is [2H]c1ncc2ncccc2c1Cl. The minimum absolute atomic E-state index is 0.0946. The molecule has 2 aromatic heterocycles. The van der Waals surface area contributed by atoms with Crippen molar-refractivity contribution in [2.24, 2.45) is 0 Å². The van der Waals surface area contributed by atoms with Gasteiger partial charge < -0.3 is 0 Å². The van der Waals surface area contributed by atoms with Crippen LogP contribution in [0.4, 0.5) is 0 Å². The molecule has 0 atom stereocenters. The number of hydrogen-bond acceptors (Lipinski definition) is 2. The fraction of sp³-hybridized carbons (Fsp3) is 0. The van der Waals surface area contributed by atoms with Crippen LogP contribution in [0.25, 0.3) is 10.9 Å². The van der Waals surface area contributed by atoms with E-state index >= 15 is 0 Å². The second-order valence-corrected chi connectivity index (χ2v) is 2.50. The van der Waals surface area contributed by atoms with Gasteiger partial charge >= 0.3 is 0 Å². The maximum absolute atomic E-state index is 7.33. The Morgan fingerprint density at radius 2 is 2.45 bits per heavy atom. The Balaban J connectivity index is 2.91. The lowest BCUT2D eigenvalue weighted by atomic mass is 10.3. The predicted molar refractivity (Wildman–Crippen MR) is 44.5 cm³/mol. The molecule has 2 rings (SSSR count). The van der Waals surface area contributed by atoms with Crippen molar-refractivity contribution in [3.8, 4) is 0 Å². The van der Waals surface area contributed by atoms with Crippen molar-refractivity contribution in [1.29, 1.82) is 0 Å². The van der Waals surface area contributed by atoms with E-state index in [0.717, 1.165) is 10.9 Å². The van der Waals surface area contributed by atoms with E-state index in [1.54, 1.807) is 18.5 Å². The van der Waals surface area contributed by atoms with Crippen LogP contribution in [0.15, 0.2) is 30.7 Å². The van der Waals surface area contributed by atoms with Gasteiger partial charge in [-0.3, -0.25) is 9.97 Å². The lowest BCUT2D eigenvalue weighted by molar-refractivity contribution is 1.31. The molecule has 0 unspecified atom stereocenters. The molecule has 2 heterocycles. The van der Waals surface area contributed by atoms with Gasteiger partial charge in [0.15, 0.2) is 0 Å². The van der Waals surface area contributed by atoms with Crippen LogP contribution in [0.2, 0.25) is 5.02 Å². The minimum Gasteiger partial charge on any atom is -0.261 e. The average molecular weight is 166 g/mol. The summed E-state index contributed by atoms with van der Waals surface area (Å²) in [6, 6.07) is 3.61. The molecule has 0 spiro atoms. The molecule has 0 N–H and O–H groups in total. The van der Waals surface area contributed by atoms with Crippen molar-refractivity contribution >= 4 is 22.5 Å². The summed E-state index contributed by atoms with van der Waals surface area (Å²) >= 11 is 5.84. The zero-order valence-corrected chi connectivity index (χ0v) is 6.34. The lowest BCUT2D eigenvalue weighted by Crippen LogP contribution is -1.79. The van der Waals surface area contributed by atoms with Crippen LogP contribution in [0.5, 0.6) is 0 Å². The van der Waals surface area contributed by atoms with E-state index in [2.05, 4.69) is 9.97 Å². The summed E-state index contributed by atoms with van der Waals surface area (Å²) in [5, 5.41) is 1.14. The monoisotopic (exact) mass is 165 g/mol. The number of pyridine rings is 2. The highest BCUT2D eigenvalue weighted by molar-refractivity contribution is 6.35. The molecule has 0 aromatic carbocycles. The second kappa shape index (κ2) is 2.47. The number of aromatic nitrogens is 2. The topological polar surface area (TPSA) is 25.8 Å². The molecule has 0 aliphatic carbocycles. The third-order valence-electron chi connectivity index (χ3n) is 1.42. The zero-order valence-electron chi connectivity index (χ0n) is 6.58. The third kappa shape index (κ3) is 1.05. The van der Waals surface area contributed by atoms with E-state index in [9.17, 15) is 0 Å². The van der Waals surface area contributed by atoms with Crippen LogP contribution >= 0.6 is 11.6 Å². The van der Waals surface area contributed by atoms with E-state index in [-0.39, 0.29) is 6.17 Å². The first-order chi connectivity index (χ1) is 5.79. The molecule has 0 aliphatic heterocycles. The normalized spacial score (nSPS) is 11.5. The van der Waals surface area contributed by atoms with E-state index in [0.29, 0.717) is 5.02 Å². The minimum atomic E-state index is 0.0946. The van der Waals surface area contributed by atoms with Gasteiger partial charge in [0.25, 0.3) is 0 Å². The van der Waals surface area contributed by atoms with Crippen molar-refractivity contribution in [2.75, 3.05) is 0 Å². The van der Waals surface area contributed by atoms with E-state index < -0.39 is 0 Å². The predicted octanol–water partition coefficient (Wildman–Crippen LogP) is 2.28. The molecule has 11 heavy (non-hydrogen) atoms. The number of rotatable bonds is 0. The molecule has 54 valence electrons. The number of hydrogen-bond donors (Lipinski definition) is 0. The van der Waals surface area contributed by atoms with Crippen molar-refractivity contribution in [3.05, 3.63) is 35.7 Å². The van der Waals surface area contributed by atoms with Gasteiger partial charge in [0.2, 0.25) is 0 Å². The molecule has 0 bridgehead atoms. The molecular weight excluding hydrogens is 160 g/mol. The molecule has 0 amide bonds. The molecule has 3 heteroatoms. The summed E-state index contributed by atoms with van der Waals surface area (Å²) < 4.78 is 7.33. The van der Waals surface area contributed by atoms with E-state index in [4.69, 9.17) is 13.0 Å². The molecule has 2 nitrogen and oxygen atoms in total. The molecule has 0 radical (unpaired) electrons. The Bertz CT molecular complexity index is 430. The summed E-state index contributed by atoms with van der Waals surface area (Å²) in [7, 11) is 0. The highest BCUT2D eigenvalue weighted by Crippen LogP contribution is 2.18. The fourth-order valence-corrected chi connectivity index (χ4v) is 1.12. The Labute approximate surface area is 70.3 Å². The first kappa shape index (κ1) is 5.49. The van der Waals surface area contributed by atoms with Gasteiger partial charge in [-0.2, -0.15) is 0 Å². The standard InChI is InChI=1S/C8H5ClN2/c9-7-4-10-5-8-6(7)2-1-3-11-8/h1-5H/i4D. The summed E-state index contributed by atoms with van der Waals surface area (Å²) in [5.41, 5.74) is 0.721. The summed E-state index contributed by atoms with van der Waals surface area (Å²) in [5.74, 6) is 0. The van der Waals surface area contributed by atoms with Crippen LogP contribution in [0.1, 0.15) is 1.37 Å². The number of fused-ring (bicyclic) bond motifs is 1. The van der Waals surface area contributed by atoms with Gasteiger partial charge in [0.05, 0.1) is 18.1 Å². The van der Waals surface area contributed by atoms with Crippen molar-refractivity contribution in [3.63, 3.8) is 0 Å². The lowest BCUT2D eigenvalue weighted by Gasteiger charge is -1.95. The van der Waals surface area contributed by atoms with Gasteiger partial charge in [0.1, 0.15) is 0 Å². The number of halogens is 1. The van der Waals surface area contributed by atoms with E-state index in [1.165, 1.54) is 0 Å². The van der Waals surface area contributed by atoms with Crippen molar-refractivity contribution < 1.29 is 1.37 Å². The maximum atomic E-state index is 7.33. The van der Waals surface area contributed by atoms with E-state index in [1.807, 2.05) is 6.07 Å². The van der Waals surface area contributed by atoms with Crippen LogP contribution in [0.3, 0.4) is 0 Å². The van der Waals surface area contributed by atoms with Crippen LogP contribution in [0, 0.1) is 0 Å². The molecule has 0 fully saturated rings. The highest BCUT2D eigenvalue weighted by Gasteiger charge is 1.96. The van der Waals surface area contributed by atoms with Crippen LogP contribution < -0.4 is 0 Å². The second-order valence-electron chi connectivity index (χ2n) is 2.12. The van der Waals surface area contributed by atoms with Gasteiger partial charge in [-0.1, -0.05) is 11.6 Å². The Hall–Kier alpha value is -1.15. The molecule has 0 aliphatic rings. The first-order valence-electron chi connectivity index (χ1n) is 3.65. The fourth-order valence-electron chi connectivity index (χ4n) is 0.916. The average Bonchev–Trinajstić information content (AvgIpc) is 2.12. The van der Waals surface area contributed by atoms with Gasteiger partial charge in [-0.05, 0) is 12.1 Å². The maximum Gasteiger partial charge on any atom is 0.0900 e.